The van der Waals surface area contributed by atoms with E-state index in [9.17, 15) is 32.3 Å². The van der Waals surface area contributed by atoms with E-state index < -0.39 is 35.7 Å². The van der Waals surface area contributed by atoms with Gasteiger partial charge in [-0.15, -0.1) is 0 Å². The highest BCUT2D eigenvalue weighted by Crippen LogP contribution is 2.44. The molecule has 46 heavy (non-hydrogen) atoms. The summed E-state index contributed by atoms with van der Waals surface area (Å²) < 4.78 is 49.6. The zero-order valence-corrected chi connectivity index (χ0v) is 25.9. The molecule has 1 unspecified atom stereocenters. The maximum Gasteiger partial charge on any atom is 0.399 e. The molecule has 2 heterocycles. The van der Waals surface area contributed by atoms with Crippen LogP contribution in [0.3, 0.4) is 0 Å². The first-order valence-electron chi connectivity index (χ1n) is 14.5. The van der Waals surface area contributed by atoms with Crippen LogP contribution in [0.2, 0.25) is 0 Å². The average molecular weight is 627 g/mol. The number of rotatable bonds is 5. The summed E-state index contributed by atoms with van der Waals surface area (Å²) >= 11 is 0. The maximum absolute atomic E-state index is 14.6. The second-order valence-corrected chi connectivity index (χ2v) is 11.9. The Bertz CT molecular complexity index is 1980. The van der Waals surface area contributed by atoms with Gasteiger partial charge in [-0.25, -0.2) is 4.90 Å². The Labute approximate surface area is 263 Å². The molecule has 0 aliphatic carbocycles. The lowest BCUT2D eigenvalue weighted by Gasteiger charge is -2.26. The van der Waals surface area contributed by atoms with Gasteiger partial charge in [0, 0.05) is 7.05 Å². The number of halogens is 3. The molecule has 6 rings (SSSR count). The first-order valence-corrected chi connectivity index (χ1v) is 14.5. The average Bonchev–Trinajstić information content (AvgIpc) is 3.34. The van der Waals surface area contributed by atoms with E-state index in [1.54, 1.807) is 39.8 Å². The topological polar surface area (TPSA) is 84.0 Å². The normalized spacial score (nSPS) is 15.1. The number of carbonyl (C=O) groups excluding carboxylic acids is 4. The second kappa shape index (κ2) is 10.7. The first-order chi connectivity index (χ1) is 21.6. The van der Waals surface area contributed by atoms with Crippen LogP contribution >= 0.6 is 0 Å². The van der Waals surface area contributed by atoms with E-state index in [1.165, 1.54) is 55.6 Å². The number of benzene rings is 4. The number of ether oxygens (including phenoxy) is 1. The number of aryl methyl sites for hydroxylation is 4. The van der Waals surface area contributed by atoms with Crippen molar-refractivity contribution < 1.29 is 37.1 Å². The zero-order chi connectivity index (χ0) is 33.4. The Morgan fingerprint density at radius 2 is 1.00 bits per heavy atom. The molecule has 2 aliphatic heterocycles. The molecule has 0 aromatic heterocycles. The van der Waals surface area contributed by atoms with Crippen molar-refractivity contribution in [1.29, 1.82) is 0 Å². The summed E-state index contributed by atoms with van der Waals surface area (Å²) in [6.07, 6.45) is -4.59. The van der Waals surface area contributed by atoms with Gasteiger partial charge in [0.15, 0.2) is 0 Å². The van der Waals surface area contributed by atoms with Crippen molar-refractivity contribution in [3.63, 3.8) is 0 Å². The van der Waals surface area contributed by atoms with Gasteiger partial charge in [-0.05, 0) is 110 Å². The number of anilines is 1. The van der Waals surface area contributed by atoms with Crippen molar-refractivity contribution in [2.75, 3.05) is 11.9 Å². The van der Waals surface area contributed by atoms with E-state index in [0.29, 0.717) is 11.1 Å². The van der Waals surface area contributed by atoms with Crippen LogP contribution in [0.4, 0.5) is 18.9 Å². The minimum absolute atomic E-state index is 0.0157. The van der Waals surface area contributed by atoms with Gasteiger partial charge in [0.1, 0.15) is 17.4 Å². The van der Waals surface area contributed by atoms with Gasteiger partial charge in [0.05, 0.1) is 27.9 Å². The Balaban J connectivity index is 1.32. The number of carbonyl (C=O) groups is 4. The Morgan fingerprint density at radius 3 is 1.50 bits per heavy atom. The predicted octanol–water partition coefficient (Wildman–Crippen LogP) is 7.74. The van der Waals surface area contributed by atoms with Gasteiger partial charge in [0.2, 0.25) is 0 Å². The highest BCUT2D eigenvalue weighted by atomic mass is 19.4. The zero-order valence-electron chi connectivity index (χ0n) is 25.9. The van der Waals surface area contributed by atoms with E-state index >= 15 is 0 Å². The SMILES string of the molecule is Cc1cc(C(c2cc(C)c(N3C(=O)c4ccc(Oc5ccc6c(c5)C(=O)N(C)C6=O)cc4C3=O)c(C)c2)C(F)(F)F)cc(C)c1C. The quantitative estimate of drug-likeness (QED) is 0.212. The van der Waals surface area contributed by atoms with Crippen molar-refractivity contribution >= 4 is 29.3 Å². The Kier molecular flexibility index (Phi) is 7.14. The Hall–Kier alpha value is -5.25. The third-order valence-electron chi connectivity index (χ3n) is 8.84. The highest BCUT2D eigenvalue weighted by molar-refractivity contribution is 6.35. The van der Waals surface area contributed by atoms with Gasteiger partial charge < -0.3 is 4.74 Å². The fourth-order valence-corrected chi connectivity index (χ4v) is 6.34. The standard InChI is InChI=1S/C36H29F3N2O5/c1-17-11-22(12-18(2)21(17)5)30(36(37,38)39)23-13-19(3)31(20(4)14-23)41-34(44)27-10-8-25(16-29(27)35(41)45)46-24-7-9-26-28(15-24)33(43)40(6)32(26)42/h7-16,30H,1-6H3. The lowest BCUT2D eigenvalue weighted by atomic mass is 9.85. The number of imide groups is 2. The minimum atomic E-state index is -4.59. The van der Waals surface area contributed by atoms with Crippen molar-refractivity contribution in [2.45, 2.75) is 46.7 Å². The fraction of sp³-hybridized carbons (Fsp3) is 0.222. The Morgan fingerprint density at radius 1 is 0.587 bits per heavy atom. The van der Waals surface area contributed by atoms with Crippen molar-refractivity contribution in [2.24, 2.45) is 0 Å². The van der Waals surface area contributed by atoms with Crippen LogP contribution < -0.4 is 9.64 Å². The predicted molar refractivity (Wildman–Crippen MR) is 165 cm³/mol. The fourth-order valence-electron chi connectivity index (χ4n) is 6.34. The molecule has 0 saturated heterocycles. The van der Waals surface area contributed by atoms with Gasteiger partial charge in [-0.3, -0.25) is 24.1 Å². The summed E-state index contributed by atoms with van der Waals surface area (Å²) in [5.74, 6) is -3.55. The third kappa shape index (κ3) is 4.85. The molecule has 0 N–H and O–H groups in total. The van der Waals surface area contributed by atoms with E-state index in [2.05, 4.69) is 0 Å². The molecule has 4 aromatic carbocycles. The van der Waals surface area contributed by atoms with Gasteiger partial charge >= 0.3 is 6.18 Å². The van der Waals surface area contributed by atoms with Gasteiger partial charge in [-0.2, -0.15) is 13.2 Å². The molecule has 2 aliphatic rings. The molecule has 1 atom stereocenters. The molecule has 4 amide bonds. The molecule has 0 fully saturated rings. The van der Waals surface area contributed by atoms with Gasteiger partial charge in [-0.1, -0.05) is 24.3 Å². The lowest BCUT2D eigenvalue weighted by molar-refractivity contribution is -0.141. The van der Waals surface area contributed by atoms with E-state index in [0.717, 1.165) is 26.5 Å². The molecule has 7 nitrogen and oxygen atoms in total. The summed E-state index contributed by atoms with van der Waals surface area (Å²) in [6.45, 7) is 8.60. The first kappa shape index (κ1) is 30.8. The summed E-state index contributed by atoms with van der Waals surface area (Å²) in [5.41, 5.74) is 4.14. The number of amides is 4. The number of hydrogen-bond donors (Lipinski definition) is 0. The lowest BCUT2D eigenvalue weighted by Crippen LogP contribution is -2.31. The molecular formula is C36H29F3N2O5. The minimum Gasteiger partial charge on any atom is -0.457 e. The summed E-state index contributed by atoms with van der Waals surface area (Å²) in [7, 11) is 1.39. The molecule has 0 radical (unpaired) electrons. The van der Waals surface area contributed by atoms with Crippen LogP contribution in [-0.4, -0.2) is 41.8 Å². The smallest absolute Gasteiger partial charge is 0.399 e. The number of alkyl halides is 3. The van der Waals surface area contributed by atoms with Crippen LogP contribution in [0.15, 0.2) is 60.7 Å². The van der Waals surface area contributed by atoms with E-state index in [1.807, 2.05) is 6.92 Å². The highest BCUT2D eigenvalue weighted by Gasteiger charge is 2.44. The van der Waals surface area contributed by atoms with E-state index in [-0.39, 0.29) is 50.6 Å². The second-order valence-electron chi connectivity index (χ2n) is 11.9. The summed E-state index contributed by atoms with van der Waals surface area (Å²) in [5, 5.41) is 0. The molecule has 4 aromatic rings. The molecule has 0 spiro atoms. The summed E-state index contributed by atoms with van der Waals surface area (Å²) in [4.78, 5) is 53.8. The third-order valence-corrected chi connectivity index (χ3v) is 8.84. The summed E-state index contributed by atoms with van der Waals surface area (Å²) in [6, 6.07) is 14.7. The van der Waals surface area contributed by atoms with Crippen molar-refractivity contribution in [3.05, 3.63) is 122 Å². The molecule has 234 valence electrons. The number of nitrogens with zero attached hydrogens (tertiary/aromatic N) is 2. The largest absolute Gasteiger partial charge is 0.457 e. The number of hydrogen-bond acceptors (Lipinski definition) is 5. The van der Waals surface area contributed by atoms with E-state index in [4.69, 9.17) is 4.74 Å². The molecule has 0 bridgehead atoms. The maximum atomic E-state index is 14.6. The molecular weight excluding hydrogens is 597 g/mol. The molecule has 10 heteroatoms. The van der Waals surface area contributed by atoms with Crippen LogP contribution in [0.5, 0.6) is 11.5 Å². The van der Waals surface area contributed by atoms with Gasteiger partial charge in [0.25, 0.3) is 23.6 Å². The van der Waals surface area contributed by atoms with Crippen molar-refractivity contribution in [1.82, 2.24) is 4.90 Å². The van der Waals surface area contributed by atoms with Crippen molar-refractivity contribution in [3.8, 4) is 11.5 Å². The van der Waals surface area contributed by atoms with Crippen LogP contribution in [0, 0.1) is 34.6 Å². The monoisotopic (exact) mass is 626 g/mol. The van der Waals surface area contributed by atoms with Crippen LogP contribution in [-0.2, 0) is 0 Å². The molecule has 0 saturated carbocycles. The number of fused-ring (bicyclic) bond motifs is 2. The van der Waals surface area contributed by atoms with Crippen LogP contribution in [0.25, 0.3) is 0 Å². The van der Waals surface area contributed by atoms with Crippen LogP contribution in [0.1, 0.15) is 86.3 Å².